The molecule has 1 fully saturated rings. The molecule has 0 saturated carbocycles. The molecular weight excluding hydrogens is 256 g/mol. The second-order valence-electron chi connectivity index (χ2n) is 5.24. The lowest BCUT2D eigenvalue weighted by atomic mass is 9.85. The van der Waals surface area contributed by atoms with E-state index in [1.165, 1.54) is 0 Å². The van der Waals surface area contributed by atoms with E-state index < -0.39 is 0 Å². The van der Waals surface area contributed by atoms with E-state index in [0.29, 0.717) is 11.6 Å². The first-order valence-electron chi connectivity index (χ1n) is 7.06. The fourth-order valence-electron chi connectivity index (χ4n) is 2.72. The molecule has 0 spiro atoms. The van der Waals surface area contributed by atoms with Gasteiger partial charge in [0, 0.05) is 31.0 Å². The van der Waals surface area contributed by atoms with E-state index >= 15 is 0 Å². The summed E-state index contributed by atoms with van der Waals surface area (Å²) in [4.78, 5) is 11.0. The van der Waals surface area contributed by atoms with Crippen LogP contribution in [-0.4, -0.2) is 53.8 Å². The van der Waals surface area contributed by atoms with Gasteiger partial charge in [0.05, 0.1) is 26.4 Å². The van der Waals surface area contributed by atoms with Crippen molar-refractivity contribution in [2.24, 2.45) is 5.73 Å². The number of rotatable bonds is 5. The molecule has 1 aromatic heterocycles. The zero-order valence-corrected chi connectivity index (χ0v) is 12.5. The zero-order chi connectivity index (χ0) is 14.6. The number of nitrogens with zero attached hydrogens (tertiary/aromatic N) is 3. The lowest BCUT2D eigenvalue weighted by molar-refractivity contribution is -0.0285. The number of ether oxygens (including phenoxy) is 2. The lowest BCUT2D eigenvalue weighted by Gasteiger charge is -2.46. The predicted octanol–water partition coefficient (Wildman–Crippen LogP) is 0.986. The first-order chi connectivity index (χ1) is 9.63. The van der Waals surface area contributed by atoms with Gasteiger partial charge in [-0.05, 0) is 13.3 Å². The van der Waals surface area contributed by atoms with Crippen LogP contribution < -0.4 is 10.5 Å². The molecule has 0 amide bonds. The molecule has 6 nitrogen and oxygen atoms in total. The molecule has 20 heavy (non-hydrogen) atoms. The highest BCUT2D eigenvalue weighted by atomic mass is 16.5. The minimum Gasteiger partial charge on any atom is -0.480 e. The summed E-state index contributed by atoms with van der Waals surface area (Å²) in [6, 6.07) is -0.255. The molecule has 2 atom stereocenters. The first kappa shape index (κ1) is 15.2. The second kappa shape index (κ2) is 6.47. The minimum atomic E-state index is -0.255. The molecule has 2 heterocycles. The third-order valence-electron chi connectivity index (χ3n) is 4.30. The third-order valence-corrected chi connectivity index (χ3v) is 4.30. The molecule has 1 aliphatic rings. The third kappa shape index (κ3) is 2.77. The van der Waals surface area contributed by atoms with Crippen LogP contribution in [0.2, 0.25) is 0 Å². The summed E-state index contributed by atoms with van der Waals surface area (Å²) in [5.74, 6) is 0.507. The van der Waals surface area contributed by atoms with Gasteiger partial charge in [-0.1, -0.05) is 6.92 Å². The zero-order valence-electron chi connectivity index (χ0n) is 12.5. The number of nitrogens with two attached hydrogens (primary N) is 1. The van der Waals surface area contributed by atoms with Crippen molar-refractivity contribution in [1.82, 2.24) is 14.9 Å². The SMILES string of the molecule is CCC(C)(C(N)c1nccnc1OC)N1CCOCC1. The van der Waals surface area contributed by atoms with Gasteiger partial charge in [0.2, 0.25) is 5.88 Å². The largest absolute Gasteiger partial charge is 0.480 e. The van der Waals surface area contributed by atoms with Crippen molar-refractivity contribution in [3.05, 3.63) is 18.1 Å². The van der Waals surface area contributed by atoms with Crippen LogP contribution in [0.1, 0.15) is 32.0 Å². The summed E-state index contributed by atoms with van der Waals surface area (Å²) in [6.45, 7) is 7.61. The van der Waals surface area contributed by atoms with E-state index in [-0.39, 0.29) is 11.6 Å². The second-order valence-corrected chi connectivity index (χ2v) is 5.24. The average molecular weight is 280 g/mol. The van der Waals surface area contributed by atoms with Gasteiger partial charge in [-0.25, -0.2) is 4.98 Å². The number of hydrogen-bond donors (Lipinski definition) is 1. The Labute approximate surface area is 120 Å². The Kier molecular flexibility index (Phi) is 4.91. The molecule has 0 aromatic carbocycles. The highest BCUT2D eigenvalue weighted by Gasteiger charge is 2.40. The first-order valence-corrected chi connectivity index (χ1v) is 7.06. The van der Waals surface area contributed by atoms with E-state index in [1.54, 1.807) is 19.5 Å². The molecule has 1 aliphatic heterocycles. The van der Waals surface area contributed by atoms with Gasteiger partial charge >= 0.3 is 0 Å². The van der Waals surface area contributed by atoms with Crippen molar-refractivity contribution < 1.29 is 9.47 Å². The predicted molar refractivity (Wildman–Crippen MR) is 76.6 cm³/mol. The van der Waals surface area contributed by atoms with Crippen LogP contribution in [0.15, 0.2) is 12.4 Å². The highest BCUT2D eigenvalue weighted by Crippen LogP contribution is 2.34. The maximum Gasteiger partial charge on any atom is 0.237 e. The molecule has 2 rings (SSSR count). The number of hydrogen-bond acceptors (Lipinski definition) is 6. The normalized spacial score (nSPS) is 21.2. The molecule has 0 bridgehead atoms. The molecule has 1 aromatic rings. The van der Waals surface area contributed by atoms with Crippen LogP contribution in [0, 0.1) is 0 Å². The average Bonchev–Trinajstić information content (AvgIpc) is 2.54. The Morgan fingerprint density at radius 3 is 2.65 bits per heavy atom. The van der Waals surface area contributed by atoms with Crippen LogP contribution in [-0.2, 0) is 4.74 Å². The summed E-state index contributed by atoms with van der Waals surface area (Å²) in [5.41, 5.74) is 7.05. The molecule has 1 saturated heterocycles. The van der Waals surface area contributed by atoms with E-state index in [1.807, 2.05) is 0 Å². The Bertz CT molecular complexity index is 437. The fourth-order valence-corrected chi connectivity index (χ4v) is 2.72. The van der Waals surface area contributed by atoms with Crippen molar-refractivity contribution in [2.45, 2.75) is 31.8 Å². The topological polar surface area (TPSA) is 73.5 Å². The van der Waals surface area contributed by atoms with E-state index in [4.69, 9.17) is 15.2 Å². The summed E-state index contributed by atoms with van der Waals surface area (Å²) < 4.78 is 10.7. The van der Waals surface area contributed by atoms with Crippen LogP contribution in [0.5, 0.6) is 5.88 Å². The van der Waals surface area contributed by atoms with Gasteiger partial charge in [0.25, 0.3) is 0 Å². The van der Waals surface area contributed by atoms with E-state index in [0.717, 1.165) is 32.7 Å². The van der Waals surface area contributed by atoms with Gasteiger partial charge < -0.3 is 15.2 Å². The van der Waals surface area contributed by atoms with Crippen molar-refractivity contribution >= 4 is 0 Å². The van der Waals surface area contributed by atoms with Crippen molar-refractivity contribution in [3.63, 3.8) is 0 Å². The molecule has 0 aliphatic carbocycles. The Hall–Kier alpha value is -1.24. The molecule has 2 unspecified atom stereocenters. The number of aromatic nitrogens is 2. The Morgan fingerprint density at radius 1 is 1.40 bits per heavy atom. The number of morpholine rings is 1. The standard InChI is InChI=1S/C14H24N4O2/c1-4-14(2,18-7-9-20-10-8-18)12(15)11-13(19-3)17-6-5-16-11/h5-6,12H,4,7-10,15H2,1-3H3. The minimum absolute atomic E-state index is 0.187. The maximum absolute atomic E-state index is 6.53. The molecule has 112 valence electrons. The highest BCUT2D eigenvalue weighted by molar-refractivity contribution is 5.24. The Morgan fingerprint density at radius 2 is 2.05 bits per heavy atom. The lowest BCUT2D eigenvalue weighted by Crippen LogP contribution is -2.56. The van der Waals surface area contributed by atoms with Gasteiger partial charge in [-0.3, -0.25) is 9.88 Å². The molecule has 6 heteroatoms. The summed E-state index contributed by atoms with van der Waals surface area (Å²) in [5, 5.41) is 0. The molecule has 0 radical (unpaired) electrons. The van der Waals surface area contributed by atoms with Crippen molar-refractivity contribution in [2.75, 3.05) is 33.4 Å². The van der Waals surface area contributed by atoms with Gasteiger partial charge in [-0.2, -0.15) is 0 Å². The van der Waals surface area contributed by atoms with Gasteiger partial charge in [0.1, 0.15) is 5.69 Å². The maximum atomic E-state index is 6.53. The van der Waals surface area contributed by atoms with Crippen molar-refractivity contribution in [3.8, 4) is 5.88 Å². The smallest absolute Gasteiger partial charge is 0.237 e. The van der Waals surface area contributed by atoms with E-state index in [2.05, 4.69) is 28.7 Å². The van der Waals surface area contributed by atoms with Crippen LogP contribution >= 0.6 is 0 Å². The molecule has 2 N–H and O–H groups in total. The van der Waals surface area contributed by atoms with Gasteiger partial charge in [-0.15, -0.1) is 0 Å². The molecular formula is C14H24N4O2. The fraction of sp³-hybridized carbons (Fsp3) is 0.714. The summed E-state index contributed by atoms with van der Waals surface area (Å²) >= 11 is 0. The van der Waals surface area contributed by atoms with Crippen molar-refractivity contribution in [1.29, 1.82) is 0 Å². The monoisotopic (exact) mass is 280 g/mol. The quantitative estimate of drug-likeness (QED) is 0.867. The van der Waals surface area contributed by atoms with Crippen LogP contribution in [0.25, 0.3) is 0 Å². The number of methoxy groups -OCH3 is 1. The summed E-state index contributed by atoms with van der Waals surface area (Å²) in [6.07, 6.45) is 4.20. The van der Waals surface area contributed by atoms with E-state index in [9.17, 15) is 0 Å². The Balaban J connectivity index is 2.29. The van der Waals surface area contributed by atoms with Crippen LogP contribution in [0.3, 0.4) is 0 Å². The summed E-state index contributed by atoms with van der Waals surface area (Å²) in [7, 11) is 1.60. The van der Waals surface area contributed by atoms with Crippen LogP contribution in [0.4, 0.5) is 0 Å². The van der Waals surface area contributed by atoms with Gasteiger partial charge in [0.15, 0.2) is 0 Å².